The molecule has 9 heteroatoms. The summed E-state index contributed by atoms with van der Waals surface area (Å²) < 4.78 is 10.9. The second-order valence-corrected chi connectivity index (χ2v) is 17.1. The van der Waals surface area contributed by atoms with E-state index in [0.29, 0.717) is 35.1 Å². The number of aromatic nitrogens is 8. The molecule has 9 nitrogen and oxygen atoms in total. The van der Waals surface area contributed by atoms with E-state index in [1.54, 1.807) is 0 Å². The lowest BCUT2D eigenvalue weighted by Crippen LogP contribution is -2.07. The number of hydrogen-bond acceptors (Lipinski definition) is 7. The zero-order valence-electron chi connectivity index (χ0n) is 36.8. The summed E-state index contributed by atoms with van der Waals surface area (Å²) in [7, 11) is 0. The van der Waals surface area contributed by atoms with Gasteiger partial charge in [-0.2, -0.15) is 9.97 Å². The minimum Gasteiger partial charge on any atom is -0.456 e. The van der Waals surface area contributed by atoms with Gasteiger partial charge in [0.05, 0.1) is 22.1 Å². The second-order valence-electron chi connectivity index (χ2n) is 17.1. The monoisotopic (exact) mass is 884 g/mol. The molecule has 0 aliphatic carbocycles. The van der Waals surface area contributed by atoms with Gasteiger partial charge in [-0.15, -0.1) is 0 Å². The molecule has 0 saturated heterocycles. The molecule has 0 unspecified atom stereocenters. The SMILES string of the molecule is c1ccc(-c2nc(-c3ccc(-n4c5ccccc5c5ccc6c7ccccc7n(-c7nc(-c8ccccc8)nc(-c8ccccc8)n7)c6c54)cc3)nc(-c3ccc4c(c3)oc3ccccc34)n2)cc1. The summed E-state index contributed by atoms with van der Waals surface area (Å²) >= 11 is 0. The number of furan rings is 1. The summed E-state index contributed by atoms with van der Waals surface area (Å²) in [6.07, 6.45) is 0. The molecule has 5 heterocycles. The zero-order chi connectivity index (χ0) is 45.4. The first-order valence-electron chi connectivity index (χ1n) is 22.9. The van der Waals surface area contributed by atoms with Crippen LogP contribution in [0, 0.1) is 0 Å². The molecule has 0 atom stereocenters. The molecule has 69 heavy (non-hydrogen) atoms. The van der Waals surface area contributed by atoms with E-state index in [0.717, 1.165) is 99.1 Å². The summed E-state index contributed by atoms with van der Waals surface area (Å²) in [5, 5.41) is 6.57. The van der Waals surface area contributed by atoms with Gasteiger partial charge in [0.1, 0.15) is 11.2 Å². The van der Waals surface area contributed by atoms with Gasteiger partial charge in [-0.05, 0) is 54.6 Å². The van der Waals surface area contributed by atoms with Gasteiger partial charge in [0, 0.05) is 65.8 Å². The molecule has 5 aromatic heterocycles. The Morgan fingerprint density at radius 3 is 1.23 bits per heavy atom. The highest BCUT2D eigenvalue weighted by molar-refractivity contribution is 6.23. The minimum absolute atomic E-state index is 0.535. The van der Waals surface area contributed by atoms with Crippen LogP contribution in [0.15, 0.2) is 223 Å². The maximum atomic E-state index is 6.29. The normalized spacial score (nSPS) is 11.8. The third kappa shape index (κ3) is 6.32. The molecule has 0 N–H and O–H groups in total. The summed E-state index contributed by atoms with van der Waals surface area (Å²) in [5.41, 5.74) is 11.1. The molecular weight excluding hydrogens is 849 g/mol. The van der Waals surface area contributed by atoms with Crippen LogP contribution >= 0.6 is 0 Å². The zero-order valence-corrected chi connectivity index (χ0v) is 36.8. The molecule has 9 aromatic carbocycles. The van der Waals surface area contributed by atoms with E-state index in [2.05, 4.69) is 112 Å². The van der Waals surface area contributed by atoms with Crippen molar-refractivity contribution in [2.75, 3.05) is 0 Å². The third-order valence-corrected chi connectivity index (χ3v) is 13.0. The van der Waals surface area contributed by atoms with Gasteiger partial charge in [0.25, 0.3) is 0 Å². The molecule has 0 aliphatic heterocycles. The van der Waals surface area contributed by atoms with Crippen molar-refractivity contribution < 1.29 is 4.42 Å². The molecule has 0 fully saturated rings. The van der Waals surface area contributed by atoms with Gasteiger partial charge >= 0.3 is 0 Å². The molecule has 322 valence electrons. The van der Waals surface area contributed by atoms with E-state index < -0.39 is 0 Å². The Hall–Kier alpha value is -9.60. The van der Waals surface area contributed by atoms with Crippen molar-refractivity contribution in [3.63, 3.8) is 0 Å². The molecule has 0 aliphatic rings. The third-order valence-electron chi connectivity index (χ3n) is 13.0. The Kier molecular flexibility index (Phi) is 8.68. The lowest BCUT2D eigenvalue weighted by Gasteiger charge is -2.14. The maximum absolute atomic E-state index is 6.29. The first kappa shape index (κ1) is 38.6. The van der Waals surface area contributed by atoms with E-state index in [4.69, 9.17) is 34.3 Å². The van der Waals surface area contributed by atoms with Crippen LogP contribution in [-0.4, -0.2) is 39.0 Å². The highest BCUT2D eigenvalue weighted by Crippen LogP contribution is 2.42. The Morgan fingerprint density at radius 1 is 0.275 bits per heavy atom. The van der Waals surface area contributed by atoms with Gasteiger partial charge in [0.2, 0.25) is 5.95 Å². The van der Waals surface area contributed by atoms with E-state index in [1.807, 2.05) is 115 Å². The number of nitrogens with zero attached hydrogens (tertiary/aromatic N) is 8. The molecule has 14 rings (SSSR count). The number of para-hydroxylation sites is 3. The largest absolute Gasteiger partial charge is 0.456 e. The van der Waals surface area contributed by atoms with Gasteiger partial charge in [-0.1, -0.05) is 164 Å². The van der Waals surface area contributed by atoms with Crippen molar-refractivity contribution in [1.29, 1.82) is 0 Å². The Bertz CT molecular complexity index is 4240. The van der Waals surface area contributed by atoms with Gasteiger partial charge in [0.15, 0.2) is 29.1 Å². The first-order chi connectivity index (χ1) is 34.2. The van der Waals surface area contributed by atoms with Crippen molar-refractivity contribution in [1.82, 2.24) is 39.0 Å². The Balaban J connectivity index is 0.974. The summed E-state index contributed by atoms with van der Waals surface area (Å²) in [5.74, 6) is 3.45. The van der Waals surface area contributed by atoms with Crippen molar-refractivity contribution in [2.45, 2.75) is 0 Å². The highest BCUT2D eigenvalue weighted by Gasteiger charge is 2.24. The smallest absolute Gasteiger partial charge is 0.238 e. The molecule has 0 spiro atoms. The fourth-order valence-corrected chi connectivity index (χ4v) is 9.85. The van der Waals surface area contributed by atoms with Crippen LogP contribution in [0.2, 0.25) is 0 Å². The summed E-state index contributed by atoms with van der Waals surface area (Å²) in [4.78, 5) is 30.8. The van der Waals surface area contributed by atoms with Crippen LogP contribution in [0.5, 0.6) is 0 Å². The molecule has 0 amide bonds. The van der Waals surface area contributed by atoms with Crippen LogP contribution in [0.25, 0.3) is 134 Å². The second kappa shape index (κ2) is 15.5. The molecule has 0 radical (unpaired) electrons. The standard InChI is InChI=1S/C60H36N8O/c1-4-16-37(17-5-1)55-61-56(63-59(62-55)41-30-33-46-45-24-12-15-27-51(45)69-52(46)36-41)40-28-31-42(32-29-40)67-49-25-13-10-22-43(49)47-34-35-48-44-23-11-14-26-50(44)68(54(48)53(47)67)60-65-57(38-18-6-2-7-19-38)64-58(66-60)39-20-8-3-9-21-39/h1-36H. The van der Waals surface area contributed by atoms with E-state index in [1.165, 1.54) is 0 Å². The van der Waals surface area contributed by atoms with Crippen molar-refractivity contribution in [3.8, 4) is 68.6 Å². The fourth-order valence-electron chi connectivity index (χ4n) is 9.85. The Labute approximate surface area is 394 Å². The maximum Gasteiger partial charge on any atom is 0.238 e. The fraction of sp³-hybridized carbons (Fsp3) is 0. The van der Waals surface area contributed by atoms with E-state index >= 15 is 0 Å². The van der Waals surface area contributed by atoms with Gasteiger partial charge in [-0.3, -0.25) is 4.57 Å². The van der Waals surface area contributed by atoms with Crippen molar-refractivity contribution in [3.05, 3.63) is 218 Å². The minimum atomic E-state index is 0.535. The molecular formula is C60H36N8O. The quantitative estimate of drug-likeness (QED) is 0.157. The Morgan fingerprint density at radius 2 is 0.667 bits per heavy atom. The van der Waals surface area contributed by atoms with Crippen LogP contribution in [-0.2, 0) is 0 Å². The number of hydrogen-bond donors (Lipinski definition) is 0. The first-order valence-corrected chi connectivity index (χ1v) is 22.9. The van der Waals surface area contributed by atoms with E-state index in [9.17, 15) is 0 Å². The highest BCUT2D eigenvalue weighted by atomic mass is 16.3. The van der Waals surface area contributed by atoms with E-state index in [-0.39, 0.29) is 0 Å². The van der Waals surface area contributed by atoms with Crippen LogP contribution < -0.4 is 0 Å². The number of rotatable bonds is 7. The molecule has 0 saturated carbocycles. The van der Waals surface area contributed by atoms with Crippen LogP contribution in [0.1, 0.15) is 0 Å². The predicted octanol–water partition coefficient (Wildman–Crippen LogP) is 14.5. The molecule has 14 aromatic rings. The van der Waals surface area contributed by atoms with Crippen molar-refractivity contribution in [2.24, 2.45) is 0 Å². The average Bonchev–Trinajstić information content (AvgIpc) is 4.09. The van der Waals surface area contributed by atoms with Crippen LogP contribution in [0.3, 0.4) is 0 Å². The van der Waals surface area contributed by atoms with Gasteiger partial charge in [-0.25, -0.2) is 19.9 Å². The predicted molar refractivity (Wildman–Crippen MR) is 276 cm³/mol. The van der Waals surface area contributed by atoms with Crippen molar-refractivity contribution >= 4 is 65.6 Å². The lowest BCUT2D eigenvalue weighted by atomic mass is 10.1. The summed E-state index contributed by atoms with van der Waals surface area (Å²) in [6.45, 7) is 0. The summed E-state index contributed by atoms with van der Waals surface area (Å²) in [6, 6.07) is 74.7. The molecule has 0 bridgehead atoms. The lowest BCUT2D eigenvalue weighted by molar-refractivity contribution is 0.669. The number of fused-ring (bicyclic) bond motifs is 10. The topological polar surface area (TPSA) is 100 Å². The van der Waals surface area contributed by atoms with Crippen LogP contribution in [0.4, 0.5) is 0 Å². The van der Waals surface area contributed by atoms with Gasteiger partial charge < -0.3 is 8.98 Å². The average molecular weight is 885 g/mol. The number of benzene rings is 9.